The third-order valence-corrected chi connectivity index (χ3v) is 6.39. The lowest BCUT2D eigenvalue weighted by atomic mass is 9.94. The number of ketones is 1. The number of carbonyl (C=O) groups is 2. The van der Waals surface area contributed by atoms with Crippen LogP contribution >= 0.6 is 11.3 Å². The van der Waals surface area contributed by atoms with Crippen LogP contribution in [0, 0.1) is 0 Å². The number of nitrogens with zero attached hydrogens (tertiary/aromatic N) is 1. The number of para-hydroxylation sites is 1. The summed E-state index contributed by atoms with van der Waals surface area (Å²) in [6.07, 6.45) is 0. The van der Waals surface area contributed by atoms with Crippen LogP contribution in [0.3, 0.4) is 0 Å². The summed E-state index contributed by atoms with van der Waals surface area (Å²) in [4.78, 5) is 28.7. The van der Waals surface area contributed by atoms with E-state index in [1.807, 2.05) is 17.5 Å². The number of thiophene rings is 1. The van der Waals surface area contributed by atoms with E-state index >= 15 is 0 Å². The van der Waals surface area contributed by atoms with Gasteiger partial charge in [0.25, 0.3) is 11.7 Å². The summed E-state index contributed by atoms with van der Waals surface area (Å²) in [5, 5.41) is 13.2. The van der Waals surface area contributed by atoms with Crippen LogP contribution in [0.4, 0.5) is 0 Å². The molecule has 1 saturated heterocycles. The van der Waals surface area contributed by atoms with E-state index in [2.05, 4.69) is 0 Å². The molecule has 1 fully saturated rings. The molecule has 0 bridgehead atoms. The van der Waals surface area contributed by atoms with Crippen molar-refractivity contribution in [3.8, 4) is 17.2 Å². The number of amides is 1. The average Bonchev–Trinajstić information content (AvgIpc) is 3.45. The van der Waals surface area contributed by atoms with Crippen LogP contribution in [0.2, 0.25) is 0 Å². The van der Waals surface area contributed by atoms with Crippen LogP contribution < -0.4 is 14.2 Å². The zero-order chi connectivity index (χ0) is 23.5. The number of rotatable bonds is 7. The second-order valence-corrected chi connectivity index (χ2v) is 8.35. The topological polar surface area (TPSA) is 85.3 Å². The predicted molar refractivity (Wildman–Crippen MR) is 125 cm³/mol. The molecule has 1 aromatic heterocycles. The van der Waals surface area contributed by atoms with Crippen molar-refractivity contribution in [2.24, 2.45) is 0 Å². The van der Waals surface area contributed by atoms with Gasteiger partial charge in [0, 0.05) is 4.88 Å². The van der Waals surface area contributed by atoms with E-state index in [0.29, 0.717) is 28.4 Å². The molecule has 3 aromatic rings. The number of Topliss-reactive ketones (excluding diaryl/α,β-unsaturated/α-hetero) is 1. The lowest BCUT2D eigenvalue weighted by Crippen LogP contribution is -2.28. The summed E-state index contributed by atoms with van der Waals surface area (Å²) >= 11 is 1.49. The van der Waals surface area contributed by atoms with Crippen LogP contribution in [-0.2, 0) is 16.1 Å². The standard InChI is InChI=1S/C25H23NO6S/c1-30-18-9-5-4-8-17(18)23(27)21-22(15-10-11-19(31-2)20(13-15)32-3)26(25(29)24(21)28)14-16-7-6-12-33-16/h4-13,22,27H,14H2,1-3H3/b23-21-. The highest BCUT2D eigenvalue weighted by Crippen LogP contribution is 2.43. The highest BCUT2D eigenvalue weighted by Gasteiger charge is 2.46. The third-order valence-electron chi connectivity index (χ3n) is 5.53. The van der Waals surface area contributed by atoms with Gasteiger partial charge < -0.3 is 24.2 Å². The van der Waals surface area contributed by atoms with Gasteiger partial charge in [-0.1, -0.05) is 24.3 Å². The number of aliphatic hydroxyl groups is 1. The molecule has 4 rings (SSSR count). The molecule has 1 N–H and O–H groups in total. The number of hydrogen-bond acceptors (Lipinski definition) is 7. The Labute approximate surface area is 195 Å². The van der Waals surface area contributed by atoms with Crippen molar-refractivity contribution in [3.63, 3.8) is 0 Å². The smallest absolute Gasteiger partial charge is 0.295 e. The summed E-state index contributed by atoms with van der Waals surface area (Å²) in [5.41, 5.74) is 0.938. The van der Waals surface area contributed by atoms with Crippen molar-refractivity contribution >= 4 is 28.8 Å². The average molecular weight is 466 g/mol. The molecule has 7 nitrogen and oxygen atoms in total. The SMILES string of the molecule is COc1ccc(C2/C(=C(/O)c3ccccc3OC)C(=O)C(=O)N2Cc2cccs2)cc1OC. The van der Waals surface area contributed by atoms with Gasteiger partial charge in [0.05, 0.1) is 45.1 Å². The normalized spacial score (nSPS) is 17.3. The second-order valence-electron chi connectivity index (χ2n) is 7.32. The van der Waals surface area contributed by atoms with Crippen molar-refractivity contribution in [3.05, 3.63) is 81.6 Å². The number of aliphatic hydroxyl groups excluding tert-OH is 1. The minimum atomic E-state index is -0.822. The first-order valence-electron chi connectivity index (χ1n) is 10.2. The molecule has 0 aliphatic carbocycles. The minimum absolute atomic E-state index is 0.00623. The number of methoxy groups -OCH3 is 3. The van der Waals surface area contributed by atoms with Crippen molar-refractivity contribution in [2.45, 2.75) is 12.6 Å². The third kappa shape index (κ3) is 4.05. The molecule has 0 radical (unpaired) electrons. The number of carbonyl (C=O) groups excluding carboxylic acids is 2. The molecule has 2 aromatic carbocycles. The molecular formula is C25H23NO6S. The van der Waals surface area contributed by atoms with Crippen molar-refractivity contribution in [2.75, 3.05) is 21.3 Å². The summed E-state index contributed by atoms with van der Waals surface area (Å²) in [6.45, 7) is 0.226. The molecule has 1 unspecified atom stereocenters. The molecule has 2 heterocycles. The molecular weight excluding hydrogens is 442 g/mol. The van der Waals surface area contributed by atoms with E-state index in [4.69, 9.17) is 14.2 Å². The maximum absolute atomic E-state index is 13.2. The van der Waals surface area contributed by atoms with Gasteiger partial charge in [-0.15, -0.1) is 11.3 Å². The summed E-state index contributed by atoms with van der Waals surface area (Å²) in [7, 11) is 4.52. The molecule has 1 aliphatic rings. The molecule has 1 atom stereocenters. The van der Waals surface area contributed by atoms with Gasteiger partial charge in [0.2, 0.25) is 0 Å². The highest BCUT2D eigenvalue weighted by atomic mass is 32.1. The Morgan fingerprint density at radius 1 is 0.939 bits per heavy atom. The Hall–Kier alpha value is -3.78. The fraction of sp³-hybridized carbons (Fsp3) is 0.200. The molecule has 1 amide bonds. The molecule has 0 saturated carbocycles. The van der Waals surface area contributed by atoms with E-state index in [-0.39, 0.29) is 17.9 Å². The van der Waals surface area contributed by atoms with Crippen LogP contribution in [0.5, 0.6) is 17.2 Å². The summed E-state index contributed by atoms with van der Waals surface area (Å²) in [5.74, 6) is -0.366. The number of likely N-dealkylation sites (tertiary alicyclic amines) is 1. The number of benzene rings is 2. The van der Waals surface area contributed by atoms with Gasteiger partial charge in [-0.05, 0) is 41.3 Å². The molecule has 1 aliphatic heterocycles. The lowest BCUT2D eigenvalue weighted by molar-refractivity contribution is -0.140. The first-order chi connectivity index (χ1) is 16.0. The molecule has 8 heteroatoms. The van der Waals surface area contributed by atoms with Gasteiger partial charge in [0.15, 0.2) is 11.5 Å². The maximum atomic E-state index is 13.2. The van der Waals surface area contributed by atoms with E-state index < -0.39 is 17.7 Å². The first kappa shape index (κ1) is 22.4. The Balaban J connectivity index is 1.92. The van der Waals surface area contributed by atoms with Crippen molar-refractivity contribution in [1.29, 1.82) is 0 Å². The zero-order valence-electron chi connectivity index (χ0n) is 18.4. The van der Waals surface area contributed by atoms with Crippen molar-refractivity contribution < 1.29 is 28.9 Å². The summed E-state index contributed by atoms with van der Waals surface area (Å²) < 4.78 is 16.1. The number of ether oxygens (including phenoxy) is 3. The second kappa shape index (κ2) is 9.38. The van der Waals surface area contributed by atoms with Gasteiger partial charge >= 0.3 is 0 Å². The first-order valence-corrected chi connectivity index (χ1v) is 11.0. The fourth-order valence-corrected chi connectivity index (χ4v) is 4.67. The van der Waals surface area contributed by atoms with Crippen LogP contribution in [0.15, 0.2) is 65.6 Å². The Morgan fingerprint density at radius 2 is 1.67 bits per heavy atom. The highest BCUT2D eigenvalue weighted by molar-refractivity contribution is 7.09. The Kier molecular flexibility index (Phi) is 6.37. The zero-order valence-corrected chi connectivity index (χ0v) is 19.2. The Morgan fingerprint density at radius 3 is 2.33 bits per heavy atom. The maximum Gasteiger partial charge on any atom is 0.295 e. The molecule has 170 valence electrons. The van der Waals surface area contributed by atoms with Crippen LogP contribution in [0.1, 0.15) is 22.0 Å². The van der Waals surface area contributed by atoms with Gasteiger partial charge in [-0.3, -0.25) is 9.59 Å². The number of hydrogen-bond donors (Lipinski definition) is 1. The van der Waals surface area contributed by atoms with E-state index in [9.17, 15) is 14.7 Å². The van der Waals surface area contributed by atoms with Gasteiger partial charge in [-0.2, -0.15) is 0 Å². The largest absolute Gasteiger partial charge is 0.507 e. The molecule has 33 heavy (non-hydrogen) atoms. The quantitative estimate of drug-likeness (QED) is 0.316. The predicted octanol–water partition coefficient (Wildman–Crippen LogP) is 4.40. The molecule has 0 spiro atoms. The Bertz CT molecular complexity index is 1220. The van der Waals surface area contributed by atoms with E-state index in [1.54, 1.807) is 42.5 Å². The van der Waals surface area contributed by atoms with Crippen LogP contribution in [-0.4, -0.2) is 43.0 Å². The van der Waals surface area contributed by atoms with E-state index in [0.717, 1.165) is 4.88 Å². The van der Waals surface area contributed by atoms with Gasteiger partial charge in [-0.25, -0.2) is 0 Å². The van der Waals surface area contributed by atoms with Gasteiger partial charge in [0.1, 0.15) is 11.5 Å². The summed E-state index contributed by atoms with van der Waals surface area (Å²) in [6, 6.07) is 15.0. The minimum Gasteiger partial charge on any atom is -0.507 e. The van der Waals surface area contributed by atoms with E-state index in [1.165, 1.54) is 37.6 Å². The fourth-order valence-electron chi connectivity index (χ4n) is 3.97. The van der Waals surface area contributed by atoms with Crippen LogP contribution in [0.25, 0.3) is 5.76 Å². The lowest BCUT2D eigenvalue weighted by Gasteiger charge is -2.25. The monoisotopic (exact) mass is 465 g/mol. The van der Waals surface area contributed by atoms with Crippen molar-refractivity contribution in [1.82, 2.24) is 4.90 Å².